The standard InChI is InChI=1S/C17H18Cl2N2O4S/c1-10-8-12(18)4-6-14(10)20-17(22)11(2)21-26(23,24)16-9-13(19)5-7-15(16)25-3/h4-9,11,21H,1-3H3,(H,20,22)/t11-/m0/s1. The Morgan fingerprint density at radius 1 is 1.12 bits per heavy atom. The molecule has 1 amide bonds. The molecule has 0 unspecified atom stereocenters. The number of ether oxygens (including phenoxy) is 1. The smallest absolute Gasteiger partial charge is 0.245 e. The maximum Gasteiger partial charge on any atom is 0.245 e. The number of nitrogens with one attached hydrogen (secondary N) is 2. The zero-order valence-corrected chi connectivity index (χ0v) is 16.7. The summed E-state index contributed by atoms with van der Waals surface area (Å²) < 4.78 is 32.6. The highest BCUT2D eigenvalue weighted by Gasteiger charge is 2.25. The number of methoxy groups -OCH3 is 1. The van der Waals surface area contributed by atoms with Crippen LogP contribution in [-0.4, -0.2) is 27.5 Å². The molecule has 2 rings (SSSR count). The molecule has 6 nitrogen and oxygen atoms in total. The Morgan fingerprint density at radius 2 is 1.73 bits per heavy atom. The number of rotatable bonds is 6. The van der Waals surface area contributed by atoms with Gasteiger partial charge in [-0.25, -0.2) is 8.42 Å². The van der Waals surface area contributed by atoms with Gasteiger partial charge in [0.1, 0.15) is 10.6 Å². The Hall–Kier alpha value is -1.80. The van der Waals surface area contributed by atoms with Crippen LogP contribution in [0, 0.1) is 6.92 Å². The van der Waals surface area contributed by atoms with Crippen LogP contribution in [0.4, 0.5) is 5.69 Å². The molecule has 26 heavy (non-hydrogen) atoms. The van der Waals surface area contributed by atoms with E-state index in [2.05, 4.69) is 10.0 Å². The fourth-order valence-electron chi connectivity index (χ4n) is 2.22. The van der Waals surface area contributed by atoms with Crippen molar-refractivity contribution in [3.63, 3.8) is 0 Å². The van der Waals surface area contributed by atoms with Crippen LogP contribution in [-0.2, 0) is 14.8 Å². The van der Waals surface area contributed by atoms with Gasteiger partial charge in [-0.1, -0.05) is 23.2 Å². The van der Waals surface area contributed by atoms with Gasteiger partial charge in [-0.2, -0.15) is 4.72 Å². The zero-order valence-electron chi connectivity index (χ0n) is 14.3. The van der Waals surface area contributed by atoms with Crippen molar-refractivity contribution < 1.29 is 17.9 Å². The van der Waals surface area contributed by atoms with E-state index in [0.717, 1.165) is 5.56 Å². The molecule has 0 saturated heterocycles. The fourth-order valence-corrected chi connectivity index (χ4v) is 4.08. The molecule has 0 bridgehead atoms. The van der Waals surface area contributed by atoms with Gasteiger partial charge in [0.15, 0.2) is 0 Å². The third kappa shape index (κ3) is 4.88. The molecule has 0 heterocycles. The lowest BCUT2D eigenvalue weighted by Crippen LogP contribution is -2.41. The lowest BCUT2D eigenvalue weighted by molar-refractivity contribution is -0.117. The molecular weight excluding hydrogens is 399 g/mol. The van der Waals surface area contributed by atoms with E-state index < -0.39 is 22.0 Å². The quantitative estimate of drug-likeness (QED) is 0.752. The summed E-state index contributed by atoms with van der Waals surface area (Å²) in [6.45, 7) is 3.22. The van der Waals surface area contributed by atoms with Crippen LogP contribution in [0.2, 0.25) is 10.0 Å². The molecule has 2 aromatic carbocycles. The molecule has 0 aromatic heterocycles. The summed E-state index contributed by atoms with van der Waals surface area (Å²) in [5, 5.41) is 3.45. The lowest BCUT2D eigenvalue weighted by Gasteiger charge is -2.17. The van der Waals surface area contributed by atoms with E-state index in [9.17, 15) is 13.2 Å². The average molecular weight is 417 g/mol. The number of hydrogen-bond donors (Lipinski definition) is 2. The van der Waals surface area contributed by atoms with Crippen LogP contribution >= 0.6 is 23.2 Å². The number of hydrogen-bond acceptors (Lipinski definition) is 4. The number of aryl methyl sites for hydroxylation is 1. The third-order valence-corrected chi connectivity index (χ3v) is 5.62. The van der Waals surface area contributed by atoms with Gasteiger partial charge >= 0.3 is 0 Å². The van der Waals surface area contributed by atoms with Crippen LogP contribution in [0.5, 0.6) is 5.75 Å². The minimum absolute atomic E-state index is 0.128. The van der Waals surface area contributed by atoms with Gasteiger partial charge in [-0.05, 0) is 55.8 Å². The Bertz CT molecular complexity index is 932. The summed E-state index contributed by atoms with van der Waals surface area (Å²) in [5.41, 5.74) is 1.31. The van der Waals surface area contributed by atoms with Gasteiger partial charge in [-0.15, -0.1) is 0 Å². The van der Waals surface area contributed by atoms with E-state index >= 15 is 0 Å². The molecule has 9 heteroatoms. The number of carbonyl (C=O) groups excluding carboxylic acids is 1. The number of benzene rings is 2. The van der Waals surface area contributed by atoms with Gasteiger partial charge in [0, 0.05) is 15.7 Å². The highest BCUT2D eigenvalue weighted by atomic mass is 35.5. The van der Waals surface area contributed by atoms with Gasteiger partial charge in [0.2, 0.25) is 15.9 Å². The highest BCUT2D eigenvalue weighted by Crippen LogP contribution is 2.27. The molecule has 0 aliphatic heterocycles. The molecule has 0 aliphatic rings. The van der Waals surface area contributed by atoms with E-state index in [-0.39, 0.29) is 15.7 Å². The molecule has 1 atom stereocenters. The van der Waals surface area contributed by atoms with E-state index in [4.69, 9.17) is 27.9 Å². The van der Waals surface area contributed by atoms with Gasteiger partial charge in [0.25, 0.3) is 0 Å². The third-order valence-electron chi connectivity index (χ3n) is 3.59. The molecule has 0 radical (unpaired) electrons. The van der Waals surface area contributed by atoms with E-state index in [0.29, 0.717) is 10.7 Å². The number of amides is 1. The molecular formula is C17H18Cl2N2O4S. The molecule has 0 fully saturated rings. The van der Waals surface area contributed by atoms with Crippen molar-refractivity contribution in [3.05, 3.63) is 52.0 Å². The second-order valence-corrected chi connectivity index (χ2v) is 8.14. The minimum Gasteiger partial charge on any atom is -0.495 e. The van der Waals surface area contributed by atoms with Crippen molar-refractivity contribution in [3.8, 4) is 5.75 Å². The number of halogens is 2. The lowest BCUT2D eigenvalue weighted by atomic mass is 10.2. The summed E-state index contributed by atoms with van der Waals surface area (Å²) in [4.78, 5) is 12.2. The van der Waals surface area contributed by atoms with Gasteiger partial charge < -0.3 is 10.1 Å². The van der Waals surface area contributed by atoms with E-state index in [1.807, 2.05) is 0 Å². The predicted octanol–water partition coefficient (Wildman–Crippen LogP) is 3.62. The predicted molar refractivity (Wildman–Crippen MR) is 103 cm³/mol. The maximum atomic E-state index is 12.6. The van der Waals surface area contributed by atoms with Crippen LogP contribution in [0.1, 0.15) is 12.5 Å². The number of carbonyl (C=O) groups is 1. The van der Waals surface area contributed by atoms with Gasteiger partial charge in [0.05, 0.1) is 13.2 Å². The van der Waals surface area contributed by atoms with Crippen molar-refractivity contribution >= 4 is 44.8 Å². The second kappa shape index (κ2) is 8.26. The number of anilines is 1. The monoisotopic (exact) mass is 416 g/mol. The summed E-state index contributed by atoms with van der Waals surface area (Å²) in [5.74, 6) is -0.386. The zero-order chi connectivity index (χ0) is 19.5. The Balaban J connectivity index is 2.18. The maximum absolute atomic E-state index is 12.6. The Labute approximate surface area is 162 Å². The first-order valence-electron chi connectivity index (χ1n) is 7.57. The van der Waals surface area contributed by atoms with Crippen LogP contribution in [0.3, 0.4) is 0 Å². The fraction of sp³-hybridized carbons (Fsp3) is 0.235. The summed E-state index contributed by atoms with van der Waals surface area (Å²) >= 11 is 11.8. The SMILES string of the molecule is COc1ccc(Cl)cc1S(=O)(=O)N[C@@H](C)C(=O)Nc1ccc(Cl)cc1C. The van der Waals surface area contributed by atoms with Crippen LogP contribution in [0.25, 0.3) is 0 Å². The normalized spacial score (nSPS) is 12.5. The molecule has 0 spiro atoms. The average Bonchev–Trinajstić information content (AvgIpc) is 2.56. The summed E-state index contributed by atoms with van der Waals surface area (Å²) in [7, 11) is -2.67. The molecule has 0 aliphatic carbocycles. The van der Waals surface area contributed by atoms with E-state index in [1.165, 1.54) is 32.2 Å². The van der Waals surface area contributed by atoms with Crippen LogP contribution < -0.4 is 14.8 Å². The Kier molecular flexibility index (Phi) is 6.52. The molecule has 2 N–H and O–H groups in total. The van der Waals surface area contributed by atoms with E-state index in [1.54, 1.807) is 25.1 Å². The molecule has 2 aromatic rings. The van der Waals surface area contributed by atoms with Crippen molar-refractivity contribution in [1.82, 2.24) is 4.72 Å². The largest absolute Gasteiger partial charge is 0.495 e. The van der Waals surface area contributed by atoms with Crippen LogP contribution in [0.15, 0.2) is 41.3 Å². The van der Waals surface area contributed by atoms with Crippen molar-refractivity contribution in [1.29, 1.82) is 0 Å². The van der Waals surface area contributed by atoms with Crippen molar-refractivity contribution in [2.45, 2.75) is 24.8 Å². The first kappa shape index (κ1) is 20.5. The summed E-state index contributed by atoms with van der Waals surface area (Å²) in [6, 6.07) is 8.17. The first-order valence-corrected chi connectivity index (χ1v) is 9.81. The first-order chi connectivity index (χ1) is 12.1. The topological polar surface area (TPSA) is 84.5 Å². The minimum atomic E-state index is -4.02. The highest BCUT2D eigenvalue weighted by molar-refractivity contribution is 7.89. The molecule has 140 valence electrons. The van der Waals surface area contributed by atoms with Gasteiger partial charge in [-0.3, -0.25) is 4.79 Å². The Morgan fingerprint density at radius 3 is 2.35 bits per heavy atom. The second-order valence-electron chi connectivity index (χ2n) is 5.59. The van der Waals surface area contributed by atoms with Crippen molar-refractivity contribution in [2.24, 2.45) is 0 Å². The summed E-state index contributed by atoms with van der Waals surface area (Å²) in [6.07, 6.45) is 0. The molecule has 0 saturated carbocycles. The number of sulfonamides is 1. The van der Waals surface area contributed by atoms with Crippen molar-refractivity contribution in [2.75, 3.05) is 12.4 Å².